The molecule has 0 aliphatic carbocycles. The van der Waals surface area contributed by atoms with Crippen LogP contribution in [0, 0.1) is 26.6 Å². The van der Waals surface area contributed by atoms with E-state index in [2.05, 4.69) is 5.32 Å². The van der Waals surface area contributed by atoms with E-state index in [0.29, 0.717) is 5.56 Å². The smallest absolute Gasteiger partial charge is 0.255 e. The van der Waals surface area contributed by atoms with E-state index in [1.165, 1.54) is 18.2 Å². The van der Waals surface area contributed by atoms with Crippen molar-refractivity contribution in [2.45, 2.75) is 20.8 Å². The molecule has 0 bridgehead atoms. The highest BCUT2D eigenvalue weighted by Crippen LogP contribution is 2.23. The van der Waals surface area contributed by atoms with Crippen molar-refractivity contribution < 1.29 is 9.18 Å². The summed E-state index contributed by atoms with van der Waals surface area (Å²) in [4.78, 5) is 12.2. The first-order valence-electron chi connectivity index (χ1n) is 6.32. The second-order valence-corrected chi connectivity index (χ2v) is 4.96. The molecule has 0 unspecified atom stereocenters. The first kappa shape index (κ1) is 14.1. The van der Waals surface area contributed by atoms with Crippen LogP contribution in [0.5, 0.6) is 0 Å². The van der Waals surface area contributed by atoms with Crippen LogP contribution in [0.3, 0.4) is 0 Å². The molecule has 1 amide bonds. The van der Waals surface area contributed by atoms with Gasteiger partial charge in [-0.05, 0) is 50.1 Å². The highest BCUT2D eigenvalue weighted by molar-refractivity contribution is 6.05. The fourth-order valence-electron chi connectivity index (χ4n) is 2.25. The van der Waals surface area contributed by atoms with Gasteiger partial charge in [0.25, 0.3) is 5.91 Å². The second kappa shape index (κ2) is 5.33. The second-order valence-electron chi connectivity index (χ2n) is 4.96. The van der Waals surface area contributed by atoms with E-state index in [4.69, 9.17) is 5.73 Å². The zero-order valence-corrected chi connectivity index (χ0v) is 11.8. The average Bonchev–Trinajstić information content (AvgIpc) is 2.36. The number of hydrogen-bond acceptors (Lipinski definition) is 2. The first-order valence-corrected chi connectivity index (χ1v) is 6.32. The molecular weight excluding hydrogens is 255 g/mol. The molecule has 20 heavy (non-hydrogen) atoms. The maximum absolute atomic E-state index is 13.1. The van der Waals surface area contributed by atoms with Crippen molar-refractivity contribution in [1.29, 1.82) is 0 Å². The number of hydrogen-bond donors (Lipinski definition) is 2. The number of aryl methyl sites for hydroxylation is 3. The molecule has 3 nitrogen and oxygen atoms in total. The van der Waals surface area contributed by atoms with Gasteiger partial charge in [-0.15, -0.1) is 0 Å². The number of carbonyl (C=O) groups excluding carboxylic acids is 1. The standard InChI is InChI=1S/C16H17FN2O/c1-9-6-10(2)15(11(3)7-9)19-16(20)12-4-5-13(17)14(18)8-12/h4-8H,18H2,1-3H3,(H,19,20). The third-order valence-corrected chi connectivity index (χ3v) is 3.17. The average molecular weight is 272 g/mol. The van der Waals surface area contributed by atoms with Crippen molar-refractivity contribution in [3.8, 4) is 0 Å². The maximum Gasteiger partial charge on any atom is 0.255 e. The summed E-state index contributed by atoms with van der Waals surface area (Å²) in [6.45, 7) is 5.88. The van der Waals surface area contributed by atoms with Gasteiger partial charge in [0.15, 0.2) is 0 Å². The SMILES string of the molecule is Cc1cc(C)c(NC(=O)c2ccc(F)c(N)c2)c(C)c1. The van der Waals surface area contributed by atoms with Gasteiger partial charge in [0.1, 0.15) is 5.82 Å². The first-order chi connectivity index (χ1) is 9.38. The lowest BCUT2D eigenvalue weighted by atomic mass is 10.0. The third kappa shape index (κ3) is 2.79. The van der Waals surface area contributed by atoms with Crippen molar-refractivity contribution >= 4 is 17.3 Å². The maximum atomic E-state index is 13.1. The minimum atomic E-state index is -0.524. The predicted molar refractivity (Wildman–Crippen MR) is 79.4 cm³/mol. The van der Waals surface area contributed by atoms with E-state index in [0.717, 1.165) is 22.4 Å². The third-order valence-electron chi connectivity index (χ3n) is 3.17. The van der Waals surface area contributed by atoms with Gasteiger partial charge < -0.3 is 11.1 Å². The van der Waals surface area contributed by atoms with Crippen LogP contribution >= 0.6 is 0 Å². The van der Waals surface area contributed by atoms with Crippen molar-refractivity contribution in [3.63, 3.8) is 0 Å². The lowest BCUT2D eigenvalue weighted by Gasteiger charge is -2.13. The zero-order valence-electron chi connectivity index (χ0n) is 11.8. The largest absolute Gasteiger partial charge is 0.396 e. The van der Waals surface area contributed by atoms with Gasteiger partial charge in [-0.2, -0.15) is 0 Å². The Bertz CT molecular complexity index is 657. The minimum Gasteiger partial charge on any atom is -0.396 e. The Kier molecular flexibility index (Phi) is 3.74. The Morgan fingerprint density at radius 3 is 2.25 bits per heavy atom. The summed E-state index contributed by atoms with van der Waals surface area (Å²) in [6, 6.07) is 7.95. The van der Waals surface area contributed by atoms with Gasteiger partial charge in [0.05, 0.1) is 5.69 Å². The van der Waals surface area contributed by atoms with Crippen molar-refractivity contribution in [2.24, 2.45) is 0 Å². The molecular formula is C16H17FN2O. The summed E-state index contributed by atoms with van der Waals surface area (Å²) in [5.74, 6) is -0.823. The highest BCUT2D eigenvalue weighted by atomic mass is 19.1. The zero-order chi connectivity index (χ0) is 14.9. The number of rotatable bonds is 2. The van der Waals surface area contributed by atoms with Crippen LogP contribution in [0.25, 0.3) is 0 Å². The van der Waals surface area contributed by atoms with E-state index in [1.807, 2.05) is 32.9 Å². The number of nitrogens with one attached hydrogen (secondary N) is 1. The minimum absolute atomic E-state index is 0.0324. The Morgan fingerprint density at radius 2 is 1.70 bits per heavy atom. The summed E-state index contributed by atoms with van der Waals surface area (Å²) in [6.07, 6.45) is 0. The summed E-state index contributed by atoms with van der Waals surface area (Å²) in [5.41, 5.74) is 9.69. The molecule has 0 atom stereocenters. The van der Waals surface area contributed by atoms with Gasteiger partial charge in [-0.25, -0.2) is 4.39 Å². The number of nitrogens with two attached hydrogens (primary N) is 1. The summed E-state index contributed by atoms with van der Waals surface area (Å²) < 4.78 is 13.1. The molecule has 3 N–H and O–H groups in total. The highest BCUT2D eigenvalue weighted by Gasteiger charge is 2.11. The predicted octanol–water partition coefficient (Wildman–Crippen LogP) is 3.59. The quantitative estimate of drug-likeness (QED) is 0.821. The molecule has 4 heteroatoms. The molecule has 0 aliphatic rings. The Hall–Kier alpha value is -2.36. The van der Waals surface area contributed by atoms with Crippen molar-refractivity contribution in [3.05, 3.63) is 58.4 Å². The lowest BCUT2D eigenvalue weighted by Crippen LogP contribution is -2.14. The molecule has 0 radical (unpaired) electrons. The summed E-state index contributed by atoms with van der Waals surface area (Å²) >= 11 is 0. The van der Waals surface area contributed by atoms with Crippen LogP contribution in [0.2, 0.25) is 0 Å². The van der Waals surface area contributed by atoms with Crippen LogP contribution in [-0.2, 0) is 0 Å². The van der Waals surface area contributed by atoms with E-state index >= 15 is 0 Å². The molecule has 0 aromatic heterocycles. The Balaban J connectivity index is 2.30. The molecule has 0 heterocycles. The summed E-state index contributed by atoms with van der Waals surface area (Å²) in [7, 11) is 0. The van der Waals surface area contributed by atoms with Gasteiger partial charge in [0.2, 0.25) is 0 Å². The van der Waals surface area contributed by atoms with E-state index in [1.54, 1.807) is 0 Å². The fourth-order valence-corrected chi connectivity index (χ4v) is 2.25. The summed E-state index contributed by atoms with van der Waals surface area (Å²) in [5, 5.41) is 2.85. The van der Waals surface area contributed by atoms with E-state index < -0.39 is 5.82 Å². The molecule has 0 aliphatic heterocycles. The van der Waals surface area contributed by atoms with Gasteiger partial charge in [-0.3, -0.25) is 4.79 Å². The van der Waals surface area contributed by atoms with Crippen molar-refractivity contribution in [1.82, 2.24) is 0 Å². The number of nitrogen functional groups attached to an aromatic ring is 1. The molecule has 2 rings (SSSR count). The van der Waals surface area contributed by atoms with Crippen LogP contribution in [0.4, 0.5) is 15.8 Å². The van der Waals surface area contributed by atoms with Gasteiger partial charge in [0, 0.05) is 11.3 Å². The molecule has 0 spiro atoms. The van der Waals surface area contributed by atoms with Crippen molar-refractivity contribution in [2.75, 3.05) is 11.1 Å². The normalized spacial score (nSPS) is 10.4. The molecule has 2 aromatic carbocycles. The number of amides is 1. The number of carbonyl (C=O) groups is 1. The number of anilines is 2. The lowest BCUT2D eigenvalue weighted by molar-refractivity contribution is 0.102. The van der Waals surface area contributed by atoms with Crippen LogP contribution in [0.1, 0.15) is 27.0 Å². The molecule has 0 fully saturated rings. The van der Waals surface area contributed by atoms with Crippen LogP contribution < -0.4 is 11.1 Å². The molecule has 0 saturated heterocycles. The Labute approximate surface area is 117 Å². The Morgan fingerprint density at radius 1 is 1.10 bits per heavy atom. The topological polar surface area (TPSA) is 55.1 Å². The molecule has 2 aromatic rings. The van der Waals surface area contributed by atoms with Gasteiger partial charge >= 0.3 is 0 Å². The van der Waals surface area contributed by atoms with E-state index in [-0.39, 0.29) is 11.6 Å². The van der Waals surface area contributed by atoms with E-state index in [9.17, 15) is 9.18 Å². The fraction of sp³-hybridized carbons (Fsp3) is 0.188. The van der Waals surface area contributed by atoms with Crippen LogP contribution in [0.15, 0.2) is 30.3 Å². The molecule has 104 valence electrons. The monoisotopic (exact) mass is 272 g/mol. The van der Waals surface area contributed by atoms with Gasteiger partial charge in [-0.1, -0.05) is 17.7 Å². The van der Waals surface area contributed by atoms with Crippen LogP contribution in [-0.4, -0.2) is 5.91 Å². The number of benzene rings is 2. The number of halogens is 1. The molecule has 0 saturated carbocycles.